The summed E-state index contributed by atoms with van der Waals surface area (Å²) in [4.78, 5) is 0. The zero-order chi connectivity index (χ0) is 13.0. The van der Waals surface area contributed by atoms with E-state index in [0.717, 1.165) is 5.57 Å². The molecule has 2 aliphatic rings. The molecule has 1 nitrogen and oxygen atoms in total. The van der Waals surface area contributed by atoms with Crippen molar-refractivity contribution in [3.8, 4) is 0 Å². The minimum Gasteiger partial charge on any atom is -0.508 e. The SMILES string of the molecule is C[C@@H]1C2=C(C=CC1(C)C)C(O)=CC(C)(C)[C@@H]2C. The third-order valence-electron chi connectivity index (χ3n) is 4.94. The summed E-state index contributed by atoms with van der Waals surface area (Å²) >= 11 is 0. The minimum atomic E-state index is 0.0401. The fraction of sp³-hybridized carbons (Fsp3) is 0.625. The van der Waals surface area contributed by atoms with Gasteiger partial charge in [0.1, 0.15) is 5.76 Å². The average Bonchev–Trinajstić information content (AvgIpc) is 2.18. The van der Waals surface area contributed by atoms with Gasteiger partial charge in [0.2, 0.25) is 0 Å². The van der Waals surface area contributed by atoms with Crippen LogP contribution in [0.15, 0.2) is 35.1 Å². The molecule has 0 aliphatic heterocycles. The molecule has 94 valence electrons. The molecule has 0 saturated carbocycles. The molecule has 2 atom stereocenters. The first-order valence-electron chi connectivity index (χ1n) is 6.52. The number of aliphatic hydroxyl groups excluding tert-OH is 1. The largest absolute Gasteiger partial charge is 0.508 e. The summed E-state index contributed by atoms with van der Waals surface area (Å²) in [5, 5.41) is 10.2. The van der Waals surface area contributed by atoms with Crippen LogP contribution in [0.3, 0.4) is 0 Å². The van der Waals surface area contributed by atoms with Gasteiger partial charge in [-0.15, -0.1) is 0 Å². The Bertz CT molecular complexity index is 426. The molecule has 0 aromatic heterocycles. The van der Waals surface area contributed by atoms with Gasteiger partial charge in [0.05, 0.1) is 0 Å². The predicted molar refractivity (Wildman–Crippen MR) is 72.8 cm³/mol. The van der Waals surface area contributed by atoms with E-state index < -0.39 is 0 Å². The highest BCUT2D eigenvalue weighted by molar-refractivity contribution is 5.49. The van der Waals surface area contributed by atoms with Crippen LogP contribution >= 0.6 is 0 Å². The fourth-order valence-corrected chi connectivity index (χ4v) is 2.97. The fourth-order valence-electron chi connectivity index (χ4n) is 2.97. The van der Waals surface area contributed by atoms with Crippen LogP contribution in [0.2, 0.25) is 0 Å². The van der Waals surface area contributed by atoms with Crippen LogP contribution < -0.4 is 0 Å². The second-order valence-corrected chi connectivity index (χ2v) is 6.82. The molecule has 0 radical (unpaired) electrons. The Hall–Kier alpha value is -0.980. The molecule has 0 fully saturated rings. The molecule has 2 aliphatic carbocycles. The van der Waals surface area contributed by atoms with Crippen LogP contribution in [0, 0.1) is 22.7 Å². The van der Waals surface area contributed by atoms with Gasteiger partial charge in [0.15, 0.2) is 0 Å². The van der Waals surface area contributed by atoms with E-state index in [1.165, 1.54) is 5.57 Å². The van der Waals surface area contributed by atoms with Gasteiger partial charge in [-0.3, -0.25) is 0 Å². The van der Waals surface area contributed by atoms with Crippen molar-refractivity contribution in [1.29, 1.82) is 0 Å². The van der Waals surface area contributed by atoms with Crippen molar-refractivity contribution in [2.75, 3.05) is 0 Å². The lowest BCUT2D eigenvalue weighted by molar-refractivity contribution is 0.245. The molecule has 0 aromatic rings. The van der Waals surface area contributed by atoms with Crippen LogP contribution in [0.4, 0.5) is 0 Å². The molecule has 1 N–H and O–H groups in total. The first-order chi connectivity index (χ1) is 7.67. The maximum Gasteiger partial charge on any atom is 0.119 e. The van der Waals surface area contributed by atoms with Gasteiger partial charge in [-0.05, 0) is 28.7 Å². The van der Waals surface area contributed by atoms with Crippen molar-refractivity contribution in [3.63, 3.8) is 0 Å². The molecule has 0 bridgehead atoms. The molecule has 2 rings (SSSR count). The first kappa shape index (κ1) is 12.5. The van der Waals surface area contributed by atoms with Crippen LogP contribution in [0.1, 0.15) is 41.5 Å². The zero-order valence-corrected chi connectivity index (χ0v) is 11.8. The van der Waals surface area contributed by atoms with E-state index in [0.29, 0.717) is 17.6 Å². The Kier molecular flexibility index (Phi) is 2.57. The molecule has 0 heterocycles. The van der Waals surface area contributed by atoms with E-state index in [-0.39, 0.29) is 10.8 Å². The van der Waals surface area contributed by atoms with Gasteiger partial charge >= 0.3 is 0 Å². The van der Waals surface area contributed by atoms with Gasteiger partial charge in [-0.1, -0.05) is 59.3 Å². The van der Waals surface area contributed by atoms with Crippen molar-refractivity contribution in [1.82, 2.24) is 0 Å². The quantitative estimate of drug-likeness (QED) is 0.645. The summed E-state index contributed by atoms with van der Waals surface area (Å²) in [6, 6.07) is 0. The third kappa shape index (κ3) is 1.76. The summed E-state index contributed by atoms with van der Waals surface area (Å²) in [5.74, 6) is 1.42. The van der Waals surface area contributed by atoms with Gasteiger partial charge in [-0.2, -0.15) is 0 Å². The molecule has 0 amide bonds. The number of rotatable bonds is 0. The minimum absolute atomic E-state index is 0.0401. The Morgan fingerprint density at radius 3 is 2.12 bits per heavy atom. The predicted octanol–water partition coefficient (Wildman–Crippen LogP) is 4.63. The highest BCUT2D eigenvalue weighted by atomic mass is 16.3. The van der Waals surface area contributed by atoms with E-state index in [1.807, 2.05) is 6.08 Å². The average molecular weight is 232 g/mol. The number of aliphatic hydroxyl groups is 1. The molecular weight excluding hydrogens is 208 g/mol. The maximum absolute atomic E-state index is 10.2. The summed E-state index contributed by atoms with van der Waals surface area (Å²) in [6.07, 6.45) is 6.34. The van der Waals surface area contributed by atoms with E-state index in [2.05, 4.69) is 53.7 Å². The van der Waals surface area contributed by atoms with E-state index >= 15 is 0 Å². The van der Waals surface area contributed by atoms with Crippen molar-refractivity contribution in [3.05, 3.63) is 35.1 Å². The number of hydrogen-bond acceptors (Lipinski definition) is 1. The summed E-state index contributed by atoms with van der Waals surface area (Å²) in [7, 11) is 0. The molecule has 0 aromatic carbocycles. The summed E-state index contributed by atoms with van der Waals surface area (Å²) in [6.45, 7) is 13.5. The number of allylic oxidation sites excluding steroid dienone is 4. The molecule has 0 saturated heterocycles. The highest BCUT2D eigenvalue weighted by Crippen LogP contribution is 2.51. The number of hydrogen-bond donors (Lipinski definition) is 1. The molecule has 0 unspecified atom stereocenters. The zero-order valence-electron chi connectivity index (χ0n) is 11.8. The molecule has 1 heteroatoms. The lowest BCUT2D eigenvalue weighted by Gasteiger charge is -2.44. The van der Waals surface area contributed by atoms with Crippen LogP contribution in [0.25, 0.3) is 0 Å². The van der Waals surface area contributed by atoms with E-state index in [4.69, 9.17) is 0 Å². The summed E-state index contributed by atoms with van der Waals surface area (Å²) in [5.41, 5.74) is 2.70. The smallest absolute Gasteiger partial charge is 0.119 e. The maximum atomic E-state index is 10.2. The molecule has 17 heavy (non-hydrogen) atoms. The van der Waals surface area contributed by atoms with Crippen molar-refractivity contribution < 1.29 is 5.11 Å². The molecule has 0 spiro atoms. The second-order valence-electron chi connectivity index (χ2n) is 6.82. The van der Waals surface area contributed by atoms with Crippen molar-refractivity contribution >= 4 is 0 Å². The molecular formula is C16H24O. The highest BCUT2D eigenvalue weighted by Gasteiger charge is 2.41. The van der Waals surface area contributed by atoms with E-state index in [9.17, 15) is 5.11 Å². The van der Waals surface area contributed by atoms with Gasteiger partial charge < -0.3 is 5.11 Å². The van der Waals surface area contributed by atoms with E-state index in [1.54, 1.807) is 0 Å². The lowest BCUT2D eigenvalue weighted by atomic mass is 9.60. The second kappa shape index (κ2) is 3.51. The monoisotopic (exact) mass is 232 g/mol. The topological polar surface area (TPSA) is 20.2 Å². The van der Waals surface area contributed by atoms with Crippen LogP contribution in [-0.2, 0) is 0 Å². The van der Waals surface area contributed by atoms with Crippen LogP contribution in [-0.4, -0.2) is 5.11 Å². The Balaban J connectivity index is 2.57. The lowest BCUT2D eigenvalue weighted by Crippen LogP contribution is -2.35. The van der Waals surface area contributed by atoms with Gasteiger partial charge in [0.25, 0.3) is 0 Å². The standard InChI is InChI=1S/C16H24O/c1-10-14-11(2)16(5,6)9-13(17)12(14)7-8-15(10,3)4/h7-11,17H,1-6H3/t10-,11-/m1/s1. The summed E-state index contributed by atoms with van der Waals surface area (Å²) < 4.78 is 0. The normalized spacial score (nSPS) is 34.4. The van der Waals surface area contributed by atoms with Gasteiger partial charge in [-0.25, -0.2) is 0 Å². The Labute approximate surface area is 105 Å². The van der Waals surface area contributed by atoms with Crippen molar-refractivity contribution in [2.45, 2.75) is 41.5 Å². The van der Waals surface area contributed by atoms with Crippen LogP contribution in [0.5, 0.6) is 0 Å². The van der Waals surface area contributed by atoms with Gasteiger partial charge in [0, 0.05) is 5.57 Å². The first-order valence-corrected chi connectivity index (χ1v) is 6.52. The third-order valence-corrected chi connectivity index (χ3v) is 4.94. The van der Waals surface area contributed by atoms with Crippen molar-refractivity contribution in [2.24, 2.45) is 22.7 Å². The Morgan fingerprint density at radius 2 is 1.53 bits per heavy atom. The Morgan fingerprint density at radius 1 is 1.00 bits per heavy atom.